The fourth-order valence-electron chi connectivity index (χ4n) is 1.86. The van der Waals surface area contributed by atoms with Crippen LogP contribution in [0.2, 0.25) is 0 Å². The quantitative estimate of drug-likeness (QED) is 0.395. The van der Waals surface area contributed by atoms with Crippen molar-refractivity contribution in [2.75, 3.05) is 0 Å². The lowest BCUT2D eigenvalue weighted by molar-refractivity contribution is -0.305. The maximum Gasteiger partial charge on any atom is 0.0414 e. The van der Waals surface area contributed by atoms with Gasteiger partial charge in [-0.3, -0.25) is 0 Å². The first-order chi connectivity index (χ1) is 9.77. The zero-order valence-electron chi connectivity index (χ0n) is 13.9. The number of allylic oxidation sites excluding steroid dienone is 6. The number of carboxylic acid groups (broad SMARTS) is 1. The Hall–Kier alpha value is -1.35. The molecule has 0 spiro atoms. The number of carboxylic acids is 1. The van der Waals surface area contributed by atoms with Gasteiger partial charge in [0, 0.05) is 5.97 Å². The van der Waals surface area contributed by atoms with Crippen LogP contribution in [0.4, 0.5) is 0 Å². The summed E-state index contributed by atoms with van der Waals surface area (Å²) in [6.45, 7) is 2.20. The molecule has 0 bridgehead atoms. The second-order valence-electron chi connectivity index (χ2n) is 5.06. The van der Waals surface area contributed by atoms with Crippen LogP contribution in [0, 0.1) is 0 Å². The number of unbranched alkanes of at least 4 members (excludes halogenated alkanes) is 7. The van der Waals surface area contributed by atoms with Crippen molar-refractivity contribution in [1.82, 2.24) is 6.15 Å². The standard InChI is InChI=1S/C18H30O2.H3N/c1-2-3-4-5-6-7-8-9-10-11-12-13-14-15-16-17-18(19)20;/h5-10H,2-4,11-17H2,1H3,(H,19,20);1H3. The van der Waals surface area contributed by atoms with Crippen LogP contribution in [0.15, 0.2) is 36.5 Å². The first-order valence-corrected chi connectivity index (χ1v) is 7.95. The van der Waals surface area contributed by atoms with Crippen molar-refractivity contribution in [2.24, 2.45) is 0 Å². The van der Waals surface area contributed by atoms with E-state index >= 15 is 0 Å². The average molecular weight is 295 g/mol. The van der Waals surface area contributed by atoms with E-state index in [1.807, 2.05) is 0 Å². The van der Waals surface area contributed by atoms with Gasteiger partial charge in [-0.15, -0.1) is 0 Å². The minimum atomic E-state index is -0.927. The second-order valence-corrected chi connectivity index (χ2v) is 5.06. The predicted octanol–water partition coefficient (Wildman–Crippen LogP) is 4.70. The van der Waals surface area contributed by atoms with Crippen molar-refractivity contribution in [3.8, 4) is 0 Å². The summed E-state index contributed by atoms with van der Waals surface area (Å²) in [6, 6.07) is 0. The van der Waals surface area contributed by atoms with Gasteiger partial charge in [-0.25, -0.2) is 0 Å². The summed E-state index contributed by atoms with van der Waals surface area (Å²) in [7, 11) is 0. The molecule has 4 N–H and O–H groups in total. The third-order valence-corrected chi connectivity index (χ3v) is 3.08. The Morgan fingerprint density at radius 3 is 1.90 bits per heavy atom. The van der Waals surface area contributed by atoms with Gasteiger partial charge in [0.2, 0.25) is 0 Å². The molecular formula is C18H33NO2. The van der Waals surface area contributed by atoms with Gasteiger partial charge in [-0.2, -0.15) is 0 Å². The first kappa shape index (κ1) is 21.9. The van der Waals surface area contributed by atoms with Gasteiger partial charge in [0.05, 0.1) is 0 Å². The average Bonchev–Trinajstić information content (AvgIpc) is 2.43. The van der Waals surface area contributed by atoms with Crippen LogP contribution in [-0.2, 0) is 4.79 Å². The lowest BCUT2D eigenvalue weighted by Gasteiger charge is -2.01. The summed E-state index contributed by atoms with van der Waals surface area (Å²) in [5.41, 5.74) is 0. The Bertz CT molecular complexity index is 306. The Morgan fingerprint density at radius 1 is 0.810 bits per heavy atom. The van der Waals surface area contributed by atoms with Crippen LogP contribution in [0.1, 0.15) is 71.1 Å². The Balaban J connectivity index is 0. The molecule has 122 valence electrons. The lowest BCUT2D eigenvalue weighted by Crippen LogP contribution is -2.21. The minimum absolute atomic E-state index is 0. The largest absolute Gasteiger partial charge is 0.550 e. The molecule has 0 radical (unpaired) electrons. The Labute approximate surface area is 130 Å². The van der Waals surface area contributed by atoms with Crippen molar-refractivity contribution in [1.29, 1.82) is 0 Å². The maximum absolute atomic E-state index is 10.2. The van der Waals surface area contributed by atoms with Gasteiger partial charge in [-0.1, -0.05) is 75.5 Å². The van der Waals surface area contributed by atoms with E-state index in [0.29, 0.717) is 0 Å². The second kappa shape index (κ2) is 18.7. The predicted molar refractivity (Wildman–Crippen MR) is 90.3 cm³/mol. The van der Waals surface area contributed by atoms with Crippen LogP contribution in [0.5, 0.6) is 0 Å². The summed E-state index contributed by atoms with van der Waals surface area (Å²) < 4.78 is 0. The number of quaternary nitrogens is 1. The smallest absolute Gasteiger partial charge is 0.0414 e. The molecule has 0 aromatic rings. The van der Waals surface area contributed by atoms with E-state index in [1.165, 1.54) is 32.1 Å². The van der Waals surface area contributed by atoms with E-state index in [-0.39, 0.29) is 12.6 Å². The number of carbonyl (C=O) groups excluding carboxylic acids is 1. The van der Waals surface area contributed by atoms with Crippen molar-refractivity contribution < 1.29 is 9.90 Å². The van der Waals surface area contributed by atoms with Crippen LogP contribution >= 0.6 is 0 Å². The first-order valence-electron chi connectivity index (χ1n) is 7.95. The highest BCUT2D eigenvalue weighted by atomic mass is 16.4. The number of hydrogen-bond acceptors (Lipinski definition) is 2. The Kier molecular flexibility index (Phi) is 19.5. The zero-order valence-corrected chi connectivity index (χ0v) is 13.9. The fourth-order valence-corrected chi connectivity index (χ4v) is 1.86. The molecule has 0 aromatic carbocycles. The molecule has 0 aliphatic carbocycles. The van der Waals surface area contributed by atoms with Crippen LogP contribution in [-0.4, -0.2) is 5.97 Å². The van der Waals surface area contributed by atoms with Gasteiger partial charge >= 0.3 is 0 Å². The normalized spacial score (nSPS) is 11.5. The van der Waals surface area contributed by atoms with Gasteiger partial charge in [0.15, 0.2) is 0 Å². The third-order valence-electron chi connectivity index (χ3n) is 3.08. The minimum Gasteiger partial charge on any atom is -0.550 e. The fraction of sp³-hybridized carbons (Fsp3) is 0.611. The maximum atomic E-state index is 10.2. The highest BCUT2D eigenvalue weighted by molar-refractivity contribution is 5.63. The third kappa shape index (κ3) is 21.1. The number of carbonyl (C=O) groups is 1. The van der Waals surface area contributed by atoms with Gasteiger partial charge < -0.3 is 16.1 Å². The number of hydrogen-bond donors (Lipinski definition) is 1. The summed E-state index contributed by atoms with van der Waals surface area (Å²) in [6.07, 6.45) is 23.0. The molecule has 0 saturated heterocycles. The van der Waals surface area contributed by atoms with E-state index in [2.05, 4.69) is 43.4 Å². The highest BCUT2D eigenvalue weighted by Crippen LogP contribution is 2.07. The summed E-state index contributed by atoms with van der Waals surface area (Å²) in [5, 5.41) is 10.2. The van der Waals surface area contributed by atoms with E-state index in [1.54, 1.807) is 0 Å². The van der Waals surface area contributed by atoms with Gasteiger partial charge in [-0.05, 0) is 32.1 Å². The van der Waals surface area contributed by atoms with Gasteiger partial charge in [0.25, 0.3) is 0 Å². The molecule has 0 heterocycles. The molecule has 0 saturated carbocycles. The summed E-state index contributed by atoms with van der Waals surface area (Å²) in [4.78, 5) is 10.2. The summed E-state index contributed by atoms with van der Waals surface area (Å²) >= 11 is 0. The number of rotatable bonds is 13. The van der Waals surface area contributed by atoms with Crippen molar-refractivity contribution >= 4 is 5.97 Å². The topological polar surface area (TPSA) is 76.6 Å². The number of aliphatic carboxylic acids is 1. The van der Waals surface area contributed by atoms with E-state index in [4.69, 9.17) is 0 Å². The van der Waals surface area contributed by atoms with Crippen LogP contribution < -0.4 is 11.3 Å². The van der Waals surface area contributed by atoms with Gasteiger partial charge in [0.1, 0.15) is 0 Å². The zero-order chi connectivity index (χ0) is 14.9. The molecule has 0 amide bonds. The molecule has 21 heavy (non-hydrogen) atoms. The molecule has 0 fully saturated rings. The monoisotopic (exact) mass is 295 g/mol. The SMILES string of the molecule is CCCCC=CC=CC=CCCCCCCCC(=O)[O-].[NH4+]. The molecule has 0 aromatic heterocycles. The van der Waals surface area contributed by atoms with E-state index in [0.717, 1.165) is 25.7 Å². The van der Waals surface area contributed by atoms with E-state index < -0.39 is 5.97 Å². The van der Waals surface area contributed by atoms with Crippen LogP contribution in [0.3, 0.4) is 0 Å². The molecule has 3 nitrogen and oxygen atoms in total. The molecule has 0 atom stereocenters. The van der Waals surface area contributed by atoms with Crippen molar-refractivity contribution in [3.63, 3.8) is 0 Å². The van der Waals surface area contributed by atoms with E-state index in [9.17, 15) is 9.90 Å². The molecule has 3 heteroatoms. The van der Waals surface area contributed by atoms with Crippen molar-refractivity contribution in [2.45, 2.75) is 71.1 Å². The molecule has 0 aliphatic heterocycles. The highest BCUT2D eigenvalue weighted by Gasteiger charge is 1.90. The lowest BCUT2D eigenvalue weighted by atomic mass is 10.1. The molecule has 0 unspecified atom stereocenters. The Morgan fingerprint density at radius 2 is 1.33 bits per heavy atom. The molecular weight excluding hydrogens is 262 g/mol. The van der Waals surface area contributed by atoms with Crippen LogP contribution in [0.25, 0.3) is 0 Å². The van der Waals surface area contributed by atoms with Crippen molar-refractivity contribution in [3.05, 3.63) is 36.5 Å². The summed E-state index contributed by atoms with van der Waals surface area (Å²) in [5.74, 6) is -0.927. The molecule has 0 rings (SSSR count). The molecule has 0 aliphatic rings.